The number of hydrogen-bond donors (Lipinski definition) is 1. The van der Waals surface area contributed by atoms with Crippen LogP contribution in [0.2, 0.25) is 0 Å². The van der Waals surface area contributed by atoms with Crippen molar-refractivity contribution >= 4 is 11.6 Å². The fourth-order valence-corrected chi connectivity index (χ4v) is 2.39. The predicted molar refractivity (Wildman–Crippen MR) is 88.6 cm³/mol. The second-order valence-corrected chi connectivity index (χ2v) is 5.52. The van der Waals surface area contributed by atoms with Crippen molar-refractivity contribution in [2.45, 2.75) is 39.0 Å². The van der Waals surface area contributed by atoms with Gasteiger partial charge >= 0.3 is 0 Å². The highest BCUT2D eigenvalue weighted by Crippen LogP contribution is 2.27. The Bertz CT molecular complexity index is 592. The summed E-state index contributed by atoms with van der Waals surface area (Å²) in [5, 5.41) is 3.09. The largest absolute Gasteiger partial charge is 0.325 e. The summed E-state index contributed by atoms with van der Waals surface area (Å²) in [6, 6.07) is 17.9. The monoisotopic (exact) mass is 281 g/mol. The number of para-hydroxylation sites is 1. The summed E-state index contributed by atoms with van der Waals surface area (Å²) < 4.78 is 0. The Kier molecular flexibility index (Phi) is 5.15. The lowest BCUT2D eigenvalue weighted by Crippen LogP contribution is -2.20. The van der Waals surface area contributed by atoms with E-state index in [0.29, 0.717) is 5.92 Å². The Labute approximate surface area is 127 Å². The van der Waals surface area contributed by atoms with Crippen molar-refractivity contribution in [1.29, 1.82) is 0 Å². The highest BCUT2D eigenvalue weighted by molar-refractivity contribution is 5.96. The van der Waals surface area contributed by atoms with Crippen LogP contribution in [0.4, 0.5) is 5.69 Å². The molecule has 2 heteroatoms. The van der Waals surface area contributed by atoms with Gasteiger partial charge in [-0.25, -0.2) is 0 Å². The summed E-state index contributed by atoms with van der Waals surface area (Å²) in [5.74, 6) is 0.321. The number of nitrogens with one attached hydrogen (secondary N) is 1. The smallest absolute Gasteiger partial charge is 0.231 e. The third-order valence-electron chi connectivity index (χ3n) is 4.05. The quantitative estimate of drug-likeness (QED) is 0.826. The fraction of sp³-hybridized carbons (Fsp3) is 0.316. The zero-order valence-electron chi connectivity index (χ0n) is 13.0. The van der Waals surface area contributed by atoms with Gasteiger partial charge in [-0.1, -0.05) is 62.4 Å². The molecule has 0 saturated heterocycles. The van der Waals surface area contributed by atoms with Crippen LogP contribution < -0.4 is 5.32 Å². The molecule has 0 saturated carbocycles. The highest BCUT2D eigenvalue weighted by atomic mass is 16.1. The minimum Gasteiger partial charge on any atom is -0.325 e. The predicted octanol–water partition coefficient (Wildman–Crippen LogP) is 4.94. The number of carbonyl (C=O) groups excluding carboxylic acids is 1. The van der Waals surface area contributed by atoms with Crippen LogP contribution in [-0.2, 0) is 4.79 Å². The van der Waals surface area contributed by atoms with Gasteiger partial charge in [0.2, 0.25) is 5.91 Å². The molecule has 0 fully saturated rings. The lowest BCUT2D eigenvalue weighted by molar-refractivity contribution is -0.117. The molecule has 2 rings (SSSR count). The number of anilines is 1. The van der Waals surface area contributed by atoms with Gasteiger partial charge in [-0.15, -0.1) is 0 Å². The molecule has 0 radical (unpaired) electrons. The van der Waals surface area contributed by atoms with Crippen LogP contribution in [0.15, 0.2) is 54.6 Å². The summed E-state index contributed by atoms with van der Waals surface area (Å²) in [6.45, 7) is 6.29. The summed E-state index contributed by atoms with van der Waals surface area (Å²) in [6.07, 6.45) is 1.06. The molecular weight excluding hydrogens is 258 g/mol. The van der Waals surface area contributed by atoms with Crippen molar-refractivity contribution in [3.63, 3.8) is 0 Å². The molecule has 0 unspecified atom stereocenters. The Balaban J connectivity index is 2.17. The van der Waals surface area contributed by atoms with E-state index in [1.165, 1.54) is 5.56 Å². The van der Waals surface area contributed by atoms with Crippen LogP contribution in [0, 0.1) is 0 Å². The van der Waals surface area contributed by atoms with Crippen LogP contribution in [0.1, 0.15) is 50.2 Å². The number of amides is 1. The van der Waals surface area contributed by atoms with Crippen molar-refractivity contribution in [3.05, 3.63) is 65.7 Å². The summed E-state index contributed by atoms with van der Waals surface area (Å²) in [5.41, 5.74) is 3.17. The first-order valence-corrected chi connectivity index (χ1v) is 7.58. The van der Waals surface area contributed by atoms with Crippen LogP contribution in [0.3, 0.4) is 0 Å². The van der Waals surface area contributed by atoms with Gasteiger partial charge in [-0.2, -0.15) is 0 Å². The molecule has 0 bridgehead atoms. The number of carbonyl (C=O) groups is 1. The van der Waals surface area contributed by atoms with Gasteiger partial charge in [-0.3, -0.25) is 4.79 Å². The number of rotatable bonds is 5. The third kappa shape index (κ3) is 3.72. The third-order valence-corrected chi connectivity index (χ3v) is 4.05. The SMILES string of the molecule is CC[C@@H](C)c1ccccc1NC(=O)[C@@H](C)c1ccccc1. The molecule has 0 aromatic heterocycles. The highest BCUT2D eigenvalue weighted by Gasteiger charge is 2.17. The molecule has 1 N–H and O–H groups in total. The summed E-state index contributed by atoms with van der Waals surface area (Å²) in [7, 11) is 0. The number of benzene rings is 2. The van der Waals surface area contributed by atoms with Crippen LogP contribution >= 0.6 is 0 Å². The molecule has 2 atom stereocenters. The first kappa shape index (κ1) is 15.3. The van der Waals surface area contributed by atoms with Gasteiger partial charge in [-0.05, 0) is 36.5 Å². The van der Waals surface area contributed by atoms with Crippen LogP contribution in [0.25, 0.3) is 0 Å². The fourth-order valence-electron chi connectivity index (χ4n) is 2.39. The topological polar surface area (TPSA) is 29.1 Å². The standard InChI is InChI=1S/C19H23NO/c1-4-14(2)17-12-8-9-13-18(17)20-19(21)15(3)16-10-6-5-7-11-16/h5-15H,4H2,1-3H3,(H,20,21)/t14-,15+/m1/s1. The van der Waals surface area contributed by atoms with Gasteiger partial charge in [0.05, 0.1) is 5.92 Å². The zero-order valence-corrected chi connectivity index (χ0v) is 13.0. The average molecular weight is 281 g/mol. The number of hydrogen-bond acceptors (Lipinski definition) is 1. The molecule has 0 aliphatic carbocycles. The van der Waals surface area contributed by atoms with E-state index in [-0.39, 0.29) is 11.8 Å². The van der Waals surface area contributed by atoms with E-state index in [1.54, 1.807) is 0 Å². The van der Waals surface area contributed by atoms with Crippen molar-refractivity contribution in [1.82, 2.24) is 0 Å². The Morgan fingerprint density at radius 2 is 1.62 bits per heavy atom. The summed E-state index contributed by atoms with van der Waals surface area (Å²) >= 11 is 0. The second kappa shape index (κ2) is 7.07. The van der Waals surface area contributed by atoms with E-state index in [9.17, 15) is 4.79 Å². The molecule has 110 valence electrons. The molecule has 2 nitrogen and oxygen atoms in total. The molecule has 0 heterocycles. The van der Waals surface area contributed by atoms with Crippen LogP contribution in [0.5, 0.6) is 0 Å². The Morgan fingerprint density at radius 3 is 2.29 bits per heavy atom. The molecule has 21 heavy (non-hydrogen) atoms. The van der Waals surface area contributed by atoms with Crippen LogP contribution in [-0.4, -0.2) is 5.91 Å². The van der Waals surface area contributed by atoms with Gasteiger partial charge in [0, 0.05) is 5.69 Å². The van der Waals surface area contributed by atoms with E-state index in [2.05, 4.69) is 25.2 Å². The maximum Gasteiger partial charge on any atom is 0.231 e. The first-order chi connectivity index (χ1) is 10.1. The van der Waals surface area contributed by atoms with Crippen molar-refractivity contribution < 1.29 is 4.79 Å². The normalized spacial score (nSPS) is 13.5. The molecule has 2 aromatic rings. The van der Waals surface area contributed by atoms with Crippen molar-refractivity contribution in [2.24, 2.45) is 0 Å². The van der Waals surface area contributed by atoms with E-state index < -0.39 is 0 Å². The summed E-state index contributed by atoms with van der Waals surface area (Å²) in [4.78, 5) is 12.5. The lowest BCUT2D eigenvalue weighted by Gasteiger charge is -2.18. The molecule has 2 aromatic carbocycles. The molecule has 0 aliphatic rings. The molecule has 0 spiro atoms. The average Bonchev–Trinajstić information content (AvgIpc) is 2.54. The first-order valence-electron chi connectivity index (χ1n) is 7.58. The maximum absolute atomic E-state index is 12.5. The van der Waals surface area contributed by atoms with E-state index in [4.69, 9.17) is 0 Å². The van der Waals surface area contributed by atoms with E-state index in [1.807, 2.05) is 55.5 Å². The van der Waals surface area contributed by atoms with Gasteiger partial charge in [0.1, 0.15) is 0 Å². The minimum absolute atomic E-state index is 0.0388. The zero-order chi connectivity index (χ0) is 15.2. The van der Waals surface area contributed by atoms with E-state index in [0.717, 1.165) is 17.7 Å². The Morgan fingerprint density at radius 1 is 1.00 bits per heavy atom. The van der Waals surface area contributed by atoms with Gasteiger partial charge in [0.25, 0.3) is 0 Å². The van der Waals surface area contributed by atoms with E-state index >= 15 is 0 Å². The van der Waals surface area contributed by atoms with Crippen molar-refractivity contribution in [3.8, 4) is 0 Å². The molecule has 1 amide bonds. The van der Waals surface area contributed by atoms with Crippen molar-refractivity contribution in [2.75, 3.05) is 5.32 Å². The Hall–Kier alpha value is -2.09. The van der Waals surface area contributed by atoms with Gasteiger partial charge in [0.15, 0.2) is 0 Å². The lowest BCUT2D eigenvalue weighted by atomic mass is 9.96. The minimum atomic E-state index is -0.156. The molecular formula is C19H23NO. The van der Waals surface area contributed by atoms with Gasteiger partial charge < -0.3 is 5.32 Å². The second-order valence-electron chi connectivity index (χ2n) is 5.52. The molecule has 0 aliphatic heterocycles. The maximum atomic E-state index is 12.5.